The molecular weight excluding hydrogens is 222 g/mol. The lowest BCUT2D eigenvalue weighted by Gasteiger charge is -2.51. The van der Waals surface area contributed by atoms with Crippen molar-refractivity contribution in [3.8, 4) is 0 Å². The molecule has 3 rings (SSSR count). The fraction of sp³-hybridized carbons (Fsp3) is 0.833. The molecular formula is C12H19NO4. The third-order valence-corrected chi connectivity index (χ3v) is 3.47. The van der Waals surface area contributed by atoms with Gasteiger partial charge in [0, 0.05) is 13.1 Å². The van der Waals surface area contributed by atoms with E-state index in [1.807, 2.05) is 20.8 Å². The maximum absolute atomic E-state index is 11.8. The number of rotatable bonds is 1. The van der Waals surface area contributed by atoms with E-state index < -0.39 is 11.6 Å². The van der Waals surface area contributed by atoms with Crippen LogP contribution in [0.2, 0.25) is 0 Å². The number of carbonyl (C=O) groups excluding carboxylic acids is 1. The Morgan fingerprint density at radius 3 is 2.18 bits per heavy atom. The Bertz CT molecular complexity index is 335. The fourth-order valence-corrected chi connectivity index (χ4v) is 2.77. The van der Waals surface area contributed by atoms with Crippen LogP contribution in [-0.4, -0.2) is 40.8 Å². The topological polar surface area (TPSA) is 66.8 Å². The average molecular weight is 241 g/mol. The van der Waals surface area contributed by atoms with E-state index in [9.17, 15) is 9.59 Å². The normalized spacial score (nSPS) is 31.7. The van der Waals surface area contributed by atoms with Crippen LogP contribution in [0.5, 0.6) is 0 Å². The highest BCUT2D eigenvalue weighted by molar-refractivity contribution is 5.74. The predicted octanol–water partition coefficient (Wildman–Crippen LogP) is 1.57. The Morgan fingerprint density at radius 2 is 1.76 bits per heavy atom. The highest BCUT2D eigenvalue weighted by Gasteiger charge is 2.51. The first-order valence-corrected chi connectivity index (χ1v) is 5.98. The van der Waals surface area contributed by atoms with E-state index in [1.54, 1.807) is 4.90 Å². The Labute approximate surface area is 101 Å². The number of carbonyl (C=O) groups is 2. The summed E-state index contributed by atoms with van der Waals surface area (Å²) in [6, 6.07) is 0. The first-order valence-electron chi connectivity index (χ1n) is 5.98. The van der Waals surface area contributed by atoms with Crippen molar-refractivity contribution in [3.05, 3.63) is 0 Å². The molecule has 17 heavy (non-hydrogen) atoms. The monoisotopic (exact) mass is 241 g/mol. The van der Waals surface area contributed by atoms with Gasteiger partial charge in [-0.2, -0.15) is 0 Å². The van der Waals surface area contributed by atoms with Crippen LogP contribution in [0.3, 0.4) is 0 Å². The number of aliphatic carboxylic acids is 1. The van der Waals surface area contributed by atoms with E-state index in [4.69, 9.17) is 9.84 Å². The number of amides is 1. The molecule has 1 amide bonds. The molecule has 96 valence electrons. The van der Waals surface area contributed by atoms with Crippen LogP contribution in [0.4, 0.5) is 4.79 Å². The third-order valence-electron chi connectivity index (χ3n) is 3.47. The largest absolute Gasteiger partial charge is 0.481 e. The summed E-state index contributed by atoms with van der Waals surface area (Å²) in [6.07, 6.45) is 0.604. The van der Waals surface area contributed by atoms with E-state index in [0.717, 1.165) is 6.42 Å². The Morgan fingerprint density at radius 1 is 1.24 bits per heavy atom. The van der Waals surface area contributed by atoms with Crippen molar-refractivity contribution >= 4 is 12.1 Å². The highest BCUT2D eigenvalue weighted by atomic mass is 16.6. The second-order valence-electron chi connectivity index (χ2n) is 6.01. The van der Waals surface area contributed by atoms with Gasteiger partial charge in [-0.25, -0.2) is 4.79 Å². The van der Waals surface area contributed by atoms with E-state index in [2.05, 4.69) is 0 Å². The molecule has 1 saturated carbocycles. The van der Waals surface area contributed by atoms with Crippen molar-refractivity contribution in [1.29, 1.82) is 0 Å². The molecule has 0 spiro atoms. The zero-order chi connectivity index (χ0) is 12.8. The van der Waals surface area contributed by atoms with Crippen LogP contribution in [0.25, 0.3) is 0 Å². The Balaban J connectivity index is 1.92. The number of nitrogens with zero attached hydrogens (tertiary/aromatic N) is 1. The molecule has 1 unspecified atom stereocenters. The van der Waals surface area contributed by atoms with Crippen LogP contribution in [0, 0.1) is 17.8 Å². The minimum atomic E-state index is -0.727. The molecule has 0 aromatic carbocycles. The highest BCUT2D eigenvalue weighted by Crippen LogP contribution is 2.45. The van der Waals surface area contributed by atoms with Crippen molar-refractivity contribution < 1.29 is 19.4 Å². The summed E-state index contributed by atoms with van der Waals surface area (Å²) in [5, 5.41) is 9.02. The van der Waals surface area contributed by atoms with Gasteiger partial charge in [0.05, 0.1) is 5.92 Å². The number of carboxylic acids is 1. The van der Waals surface area contributed by atoms with Gasteiger partial charge in [0.1, 0.15) is 5.60 Å². The molecule has 5 heteroatoms. The first kappa shape index (κ1) is 12.2. The molecule has 0 aromatic heterocycles. The van der Waals surface area contributed by atoms with Gasteiger partial charge >= 0.3 is 12.1 Å². The van der Waals surface area contributed by atoms with Gasteiger partial charge in [-0.3, -0.25) is 4.79 Å². The standard InChI is InChI=1S/C12H19NO4/c1-12(2,3)17-11(16)13-5-7-4-8(6-13)9(7)10(14)15/h7-9H,4-6H2,1-3H3,(H,14,15)/t7-,8+,9?. The summed E-state index contributed by atoms with van der Waals surface area (Å²) in [7, 11) is 0. The minimum Gasteiger partial charge on any atom is -0.481 e. The minimum absolute atomic E-state index is 0.110. The zero-order valence-corrected chi connectivity index (χ0v) is 10.5. The Hall–Kier alpha value is -1.26. The van der Waals surface area contributed by atoms with Crippen molar-refractivity contribution in [2.24, 2.45) is 17.8 Å². The van der Waals surface area contributed by atoms with Gasteiger partial charge in [-0.05, 0) is 39.0 Å². The zero-order valence-electron chi connectivity index (χ0n) is 10.5. The lowest BCUT2D eigenvalue weighted by molar-refractivity contribution is -0.159. The van der Waals surface area contributed by atoms with Crippen molar-refractivity contribution in [2.75, 3.05) is 13.1 Å². The van der Waals surface area contributed by atoms with E-state index in [1.165, 1.54) is 0 Å². The molecule has 3 atom stereocenters. The molecule has 0 radical (unpaired) electrons. The SMILES string of the molecule is CC(C)(C)OC(=O)N1C[C@H]2C[C@@H](C1)C2C(=O)O. The van der Waals surface area contributed by atoms with Gasteiger partial charge < -0.3 is 14.7 Å². The molecule has 2 bridgehead atoms. The second kappa shape index (κ2) is 3.89. The van der Waals surface area contributed by atoms with Gasteiger partial charge in [0.2, 0.25) is 0 Å². The first-order chi connectivity index (χ1) is 7.78. The van der Waals surface area contributed by atoms with E-state index >= 15 is 0 Å². The molecule has 5 nitrogen and oxygen atoms in total. The summed E-state index contributed by atoms with van der Waals surface area (Å²) in [6.45, 7) is 6.52. The smallest absolute Gasteiger partial charge is 0.410 e. The molecule has 0 aromatic rings. The fourth-order valence-electron chi connectivity index (χ4n) is 2.77. The summed E-state index contributed by atoms with van der Waals surface area (Å²) in [5.41, 5.74) is -0.495. The summed E-state index contributed by atoms with van der Waals surface area (Å²) in [5.74, 6) is -0.763. The number of carboxylic acid groups (broad SMARTS) is 1. The lowest BCUT2D eigenvalue weighted by Crippen LogP contribution is -2.59. The number of ether oxygens (including phenoxy) is 1. The van der Waals surface area contributed by atoms with Gasteiger partial charge in [-0.1, -0.05) is 0 Å². The summed E-state index contributed by atoms with van der Waals surface area (Å²) in [4.78, 5) is 24.4. The number of fused-ring (bicyclic) bond motifs is 2. The average Bonchev–Trinajstić information content (AvgIpc) is 2.13. The molecule has 1 aliphatic carbocycles. The third kappa shape index (κ3) is 2.37. The maximum Gasteiger partial charge on any atom is 0.410 e. The molecule has 3 fully saturated rings. The molecule has 1 N–H and O–H groups in total. The lowest BCUT2D eigenvalue weighted by atomic mass is 9.62. The predicted molar refractivity (Wildman–Crippen MR) is 60.5 cm³/mol. The van der Waals surface area contributed by atoms with Crippen LogP contribution in [0.15, 0.2) is 0 Å². The summed E-state index contributed by atoms with van der Waals surface area (Å²) >= 11 is 0. The van der Waals surface area contributed by atoms with Crippen molar-refractivity contribution in [2.45, 2.75) is 32.8 Å². The second-order valence-corrected chi connectivity index (χ2v) is 6.01. The summed E-state index contributed by atoms with van der Waals surface area (Å²) < 4.78 is 5.28. The molecule has 2 saturated heterocycles. The molecule has 2 heterocycles. The molecule has 2 aliphatic heterocycles. The molecule has 3 aliphatic rings. The van der Waals surface area contributed by atoms with E-state index in [0.29, 0.717) is 13.1 Å². The van der Waals surface area contributed by atoms with Crippen LogP contribution in [0.1, 0.15) is 27.2 Å². The Kier molecular flexibility index (Phi) is 2.79. The number of hydrogen-bond acceptors (Lipinski definition) is 3. The van der Waals surface area contributed by atoms with Crippen molar-refractivity contribution in [1.82, 2.24) is 4.90 Å². The van der Waals surface area contributed by atoms with Gasteiger partial charge in [0.15, 0.2) is 0 Å². The van der Waals surface area contributed by atoms with Crippen LogP contribution >= 0.6 is 0 Å². The van der Waals surface area contributed by atoms with Crippen LogP contribution in [-0.2, 0) is 9.53 Å². The number of hydrogen-bond donors (Lipinski definition) is 1. The quantitative estimate of drug-likeness (QED) is 0.756. The van der Waals surface area contributed by atoms with Gasteiger partial charge in [-0.15, -0.1) is 0 Å². The number of piperidine rings is 2. The maximum atomic E-state index is 11.8. The van der Waals surface area contributed by atoms with Crippen molar-refractivity contribution in [3.63, 3.8) is 0 Å². The van der Waals surface area contributed by atoms with Gasteiger partial charge in [0.25, 0.3) is 0 Å². The van der Waals surface area contributed by atoms with E-state index in [-0.39, 0.29) is 23.8 Å². The van der Waals surface area contributed by atoms with Crippen LogP contribution < -0.4 is 0 Å².